The van der Waals surface area contributed by atoms with Crippen LogP contribution < -0.4 is 10.9 Å². The molecule has 0 aromatic carbocycles. The molecule has 3 atom stereocenters. The predicted octanol–water partition coefficient (Wildman–Crippen LogP) is -0.140. The summed E-state index contributed by atoms with van der Waals surface area (Å²) in [6.45, 7) is 3.71. The van der Waals surface area contributed by atoms with Gasteiger partial charge in [-0.1, -0.05) is 0 Å². The second kappa shape index (κ2) is 7.76. The molecule has 1 aliphatic heterocycles. The quantitative estimate of drug-likeness (QED) is 0.660. The first-order valence-corrected chi connectivity index (χ1v) is 8.45. The van der Waals surface area contributed by atoms with Gasteiger partial charge in [0.1, 0.15) is 25.0 Å². The molecular weight excluding hydrogens is 374 g/mol. The Bertz CT molecular complexity index is 981. The van der Waals surface area contributed by atoms with Crippen LogP contribution in [0.25, 0.3) is 11.2 Å². The minimum Gasteiger partial charge on any atom is -0.463 e. The summed E-state index contributed by atoms with van der Waals surface area (Å²) in [5.74, 6) is -1.42. The summed E-state index contributed by atoms with van der Waals surface area (Å²) in [5, 5.41) is 2.41. The minimum absolute atomic E-state index is 0.0299. The van der Waals surface area contributed by atoms with Crippen LogP contribution in [0.1, 0.15) is 33.4 Å². The van der Waals surface area contributed by atoms with Gasteiger partial charge in [-0.25, -0.2) is 4.98 Å². The molecule has 1 amide bonds. The number of fused-ring (bicyclic) bond motifs is 1. The van der Waals surface area contributed by atoms with E-state index in [9.17, 15) is 19.2 Å². The van der Waals surface area contributed by atoms with Gasteiger partial charge in [0.15, 0.2) is 11.2 Å². The number of aromatic amines is 1. The number of amides is 1. The number of nitrogens with zero attached hydrogens (tertiary/aromatic N) is 3. The van der Waals surface area contributed by atoms with Crippen LogP contribution in [0.15, 0.2) is 11.1 Å². The number of esters is 2. The van der Waals surface area contributed by atoms with E-state index >= 15 is 0 Å². The molecule has 150 valence electrons. The van der Waals surface area contributed by atoms with E-state index in [1.54, 1.807) is 0 Å². The second-order valence-electron chi connectivity index (χ2n) is 6.24. The van der Waals surface area contributed by atoms with E-state index in [2.05, 4.69) is 20.3 Å². The SMILES string of the molecule is CC(=O)Nc1nc2c(ncn2[C@@H]2C[C@H](OC(C)=O)[C@@H](COC(C)=O)O2)c(=O)[nH]1. The fourth-order valence-corrected chi connectivity index (χ4v) is 2.92. The zero-order valence-electron chi connectivity index (χ0n) is 15.4. The fraction of sp³-hybridized carbons (Fsp3) is 0.500. The van der Waals surface area contributed by atoms with E-state index in [1.165, 1.54) is 31.7 Å². The van der Waals surface area contributed by atoms with Gasteiger partial charge in [-0.3, -0.25) is 34.0 Å². The fourth-order valence-electron chi connectivity index (χ4n) is 2.92. The van der Waals surface area contributed by atoms with Gasteiger partial charge in [-0.05, 0) is 0 Å². The van der Waals surface area contributed by atoms with E-state index < -0.39 is 41.8 Å². The lowest BCUT2D eigenvalue weighted by Crippen LogP contribution is -2.31. The van der Waals surface area contributed by atoms with Crippen LogP contribution >= 0.6 is 0 Å². The molecule has 2 aromatic rings. The summed E-state index contributed by atoms with van der Waals surface area (Å²) < 4.78 is 17.6. The highest BCUT2D eigenvalue weighted by molar-refractivity contribution is 5.87. The summed E-state index contributed by atoms with van der Waals surface area (Å²) in [6, 6.07) is 0. The summed E-state index contributed by atoms with van der Waals surface area (Å²) in [6.07, 6.45) is -0.410. The second-order valence-corrected chi connectivity index (χ2v) is 6.24. The lowest BCUT2D eigenvalue weighted by Gasteiger charge is -2.17. The van der Waals surface area contributed by atoms with Crippen LogP contribution in [0.4, 0.5) is 5.95 Å². The lowest BCUT2D eigenvalue weighted by molar-refractivity contribution is -0.155. The molecule has 2 aromatic heterocycles. The zero-order chi connectivity index (χ0) is 20.4. The number of anilines is 1. The van der Waals surface area contributed by atoms with Crippen molar-refractivity contribution in [2.45, 2.75) is 45.6 Å². The Balaban J connectivity index is 1.91. The Kier molecular flexibility index (Phi) is 5.40. The van der Waals surface area contributed by atoms with Crippen LogP contribution in [0.3, 0.4) is 0 Å². The first kappa shape index (κ1) is 19.5. The van der Waals surface area contributed by atoms with Crippen molar-refractivity contribution in [1.29, 1.82) is 0 Å². The summed E-state index contributed by atoms with van der Waals surface area (Å²) in [7, 11) is 0. The number of nitrogens with one attached hydrogen (secondary N) is 2. The summed E-state index contributed by atoms with van der Waals surface area (Å²) in [5.41, 5.74) is -0.282. The molecule has 12 heteroatoms. The number of hydrogen-bond acceptors (Lipinski definition) is 9. The zero-order valence-corrected chi connectivity index (χ0v) is 15.4. The highest BCUT2D eigenvalue weighted by Crippen LogP contribution is 2.32. The van der Waals surface area contributed by atoms with Crippen LogP contribution in [-0.4, -0.2) is 56.2 Å². The van der Waals surface area contributed by atoms with Gasteiger partial charge in [0.05, 0.1) is 6.33 Å². The van der Waals surface area contributed by atoms with Crippen LogP contribution in [0.5, 0.6) is 0 Å². The lowest BCUT2D eigenvalue weighted by atomic mass is 10.2. The molecule has 0 spiro atoms. The molecule has 12 nitrogen and oxygen atoms in total. The van der Waals surface area contributed by atoms with Gasteiger partial charge in [-0.2, -0.15) is 4.98 Å². The van der Waals surface area contributed by atoms with Gasteiger partial charge >= 0.3 is 11.9 Å². The Hall–Kier alpha value is -3.28. The maximum atomic E-state index is 12.2. The highest BCUT2D eigenvalue weighted by Gasteiger charge is 2.40. The van der Waals surface area contributed by atoms with Gasteiger partial charge in [0.25, 0.3) is 5.56 Å². The molecule has 1 fully saturated rings. The normalized spacial score (nSPS) is 21.5. The van der Waals surface area contributed by atoms with Crippen molar-refractivity contribution in [1.82, 2.24) is 19.5 Å². The largest absolute Gasteiger partial charge is 0.463 e. The number of rotatable bonds is 5. The minimum atomic E-state index is -0.688. The van der Waals surface area contributed by atoms with Crippen molar-refractivity contribution in [3.05, 3.63) is 16.7 Å². The Morgan fingerprint density at radius 1 is 1.32 bits per heavy atom. The molecule has 0 radical (unpaired) electrons. The van der Waals surface area contributed by atoms with Gasteiger partial charge in [-0.15, -0.1) is 0 Å². The molecular formula is C16H19N5O7. The standard InChI is InChI=1S/C16H19N5O7/c1-7(22)18-16-19-14-13(15(25)20-16)17-6-21(14)12-4-10(27-9(3)24)11(28-12)5-26-8(2)23/h6,10-12H,4-5H2,1-3H3,(H2,18,19,20,22,25)/t10-,11+,12-/m0/s1. The smallest absolute Gasteiger partial charge is 0.303 e. The number of aromatic nitrogens is 4. The van der Waals surface area contributed by atoms with Crippen molar-refractivity contribution in [2.75, 3.05) is 11.9 Å². The monoisotopic (exact) mass is 393 g/mol. The predicted molar refractivity (Wildman–Crippen MR) is 93.2 cm³/mol. The Labute approximate surface area is 158 Å². The Morgan fingerprint density at radius 2 is 2.07 bits per heavy atom. The van der Waals surface area contributed by atoms with Gasteiger partial charge < -0.3 is 14.2 Å². The van der Waals surface area contributed by atoms with Crippen LogP contribution in [0.2, 0.25) is 0 Å². The van der Waals surface area contributed by atoms with Gasteiger partial charge in [0, 0.05) is 27.2 Å². The molecule has 0 bridgehead atoms. The van der Waals surface area contributed by atoms with Gasteiger partial charge in [0.2, 0.25) is 11.9 Å². The van der Waals surface area contributed by atoms with Crippen LogP contribution in [-0.2, 0) is 28.6 Å². The van der Waals surface area contributed by atoms with E-state index in [1.807, 2.05) is 0 Å². The van der Waals surface area contributed by atoms with Crippen LogP contribution in [0, 0.1) is 0 Å². The summed E-state index contributed by atoms with van der Waals surface area (Å²) in [4.78, 5) is 56.6. The molecule has 0 aliphatic carbocycles. The topological polar surface area (TPSA) is 155 Å². The molecule has 1 saturated heterocycles. The average molecular weight is 393 g/mol. The van der Waals surface area contributed by atoms with E-state index in [0.29, 0.717) is 0 Å². The molecule has 2 N–H and O–H groups in total. The molecule has 28 heavy (non-hydrogen) atoms. The van der Waals surface area contributed by atoms with E-state index in [0.717, 1.165) is 0 Å². The molecule has 3 rings (SSSR count). The van der Waals surface area contributed by atoms with Crippen molar-refractivity contribution >= 4 is 35.0 Å². The number of ether oxygens (including phenoxy) is 3. The third-order valence-corrected chi connectivity index (χ3v) is 3.99. The van der Waals surface area contributed by atoms with Crippen molar-refractivity contribution in [2.24, 2.45) is 0 Å². The van der Waals surface area contributed by atoms with E-state index in [4.69, 9.17) is 14.2 Å². The molecule has 0 unspecified atom stereocenters. The van der Waals surface area contributed by atoms with E-state index in [-0.39, 0.29) is 30.1 Å². The highest BCUT2D eigenvalue weighted by atomic mass is 16.6. The summed E-state index contributed by atoms with van der Waals surface area (Å²) >= 11 is 0. The molecule has 1 aliphatic rings. The number of H-pyrrole nitrogens is 1. The molecule has 0 saturated carbocycles. The maximum Gasteiger partial charge on any atom is 0.303 e. The first-order valence-electron chi connectivity index (χ1n) is 8.45. The number of carbonyl (C=O) groups is 3. The first-order chi connectivity index (χ1) is 13.2. The van der Waals surface area contributed by atoms with Crippen molar-refractivity contribution in [3.63, 3.8) is 0 Å². The van der Waals surface area contributed by atoms with Crippen molar-refractivity contribution < 1.29 is 28.6 Å². The number of imidazole rings is 1. The number of carbonyl (C=O) groups excluding carboxylic acids is 3. The molecule has 3 heterocycles. The third kappa shape index (κ3) is 4.17. The average Bonchev–Trinajstić information content (AvgIpc) is 3.16. The maximum absolute atomic E-state index is 12.2. The third-order valence-electron chi connectivity index (χ3n) is 3.99. The Morgan fingerprint density at radius 3 is 2.71 bits per heavy atom. The number of hydrogen-bond donors (Lipinski definition) is 2. The van der Waals surface area contributed by atoms with Crippen molar-refractivity contribution in [3.8, 4) is 0 Å².